The monoisotopic (exact) mass is 195 g/mol. The predicted molar refractivity (Wildman–Crippen MR) is 59.1 cm³/mol. The van der Waals surface area contributed by atoms with E-state index in [1.165, 1.54) is 5.69 Å². The zero-order chi connectivity index (χ0) is 10.7. The first-order chi connectivity index (χ1) is 6.49. The van der Waals surface area contributed by atoms with Gasteiger partial charge in [0.05, 0.1) is 5.69 Å². The van der Waals surface area contributed by atoms with Gasteiger partial charge in [-0.05, 0) is 25.3 Å². The molecule has 0 aromatic carbocycles. The van der Waals surface area contributed by atoms with Gasteiger partial charge in [-0.1, -0.05) is 13.8 Å². The van der Waals surface area contributed by atoms with E-state index in [0.29, 0.717) is 5.92 Å². The van der Waals surface area contributed by atoms with Crippen LogP contribution in [0.15, 0.2) is 6.07 Å². The highest BCUT2D eigenvalue weighted by atomic mass is 15.3. The second-order valence-electron chi connectivity index (χ2n) is 4.49. The lowest BCUT2D eigenvalue weighted by Gasteiger charge is -2.13. The highest BCUT2D eigenvalue weighted by Gasteiger charge is 2.09. The van der Waals surface area contributed by atoms with E-state index in [2.05, 4.69) is 25.0 Å². The maximum Gasteiger partial charge on any atom is 0.0596 e. The standard InChI is InChI=1S/C11H21N3/c1-8(2)5-10(12)7-11-6-9(3)13-14(11)4/h6,8,10H,5,7,12H2,1-4H3. The van der Waals surface area contributed by atoms with Gasteiger partial charge in [0.1, 0.15) is 0 Å². The van der Waals surface area contributed by atoms with Gasteiger partial charge in [-0.25, -0.2) is 0 Å². The summed E-state index contributed by atoms with van der Waals surface area (Å²) in [5.74, 6) is 0.666. The van der Waals surface area contributed by atoms with Gasteiger partial charge >= 0.3 is 0 Å². The average Bonchev–Trinajstić information content (AvgIpc) is 2.28. The van der Waals surface area contributed by atoms with Crippen molar-refractivity contribution in [3.63, 3.8) is 0 Å². The fraction of sp³-hybridized carbons (Fsp3) is 0.727. The molecule has 0 aliphatic rings. The third-order valence-corrected chi connectivity index (χ3v) is 2.34. The van der Waals surface area contributed by atoms with Crippen LogP contribution >= 0.6 is 0 Å². The van der Waals surface area contributed by atoms with Crippen LogP contribution in [-0.4, -0.2) is 15.8 Å². The maximum absolute atomic E-state index is 6.04. The topological polar surface area (TPSA) is 43.8 Å². The van der Waals surface area contributed by atoms with Gasteiger partial charge in [0.15, 0.2) is 0 Å². The zero-order valence-electron chi connectivity index (χ0n) is 9.62. The first-order valence-corrected chi connectivity index (χ1v) is 5.24. The molecule has 1 atom stereocenters. The zero-order valence-corrected chi connectivity index (χ0v) is 9.62. The van der Waals surface area contributed by atoms with Gasteiger partial charge < -0.3 is 5.73 Å². The van der Waals surface area contributed by atoms with Crippen LogP contribution in [0.1, 0.15) is 31.7 Å². The van der Waals surface area contributed by atoms with Crippen molar-refractivity contribution in [1.82, 2.24) is 9.78 Å². The van der Waals surface area contributed by atoms with E-state index in [1.54, 1.807) is 0 Å². The van der Waals surface area contributed by atoms with Gasteiger partial charge in [-0.3, -0.25) is 4.68 Å². The third kappa shape index (κ3) is 3.14. The Morgan fingerprint density at radius 2 is 2.14 bits per heavy atom. The Morgan fingerprint density at radius 3 is 2.57 bits per heavy atom. The Morgan fingerprint density at radius 1 is 1.50 bits per heavy atom. The first kappa shape index (κ1) is 11.2. The Hall–Kier alpha value is -0.830. The van der Waals surface area contributed by atoms with E-state index < -0.39 is 0 Å². The first-order valence-electron chi connectivity index (χ1n) is 5.24. The summed E-state index contributed by atoms with van der Waals surface area (Å²) in [4.78, 5) is 0. The summed E-state index contributed by atoms with van der Waals surface area (Å²) < 4.78 is 1.93. The molecule has 0 radical (unpaired) electrons. The molecule has 0 saturated heterocycles. The van der Waals surface area contributed by atoms with E-state index in [4.69, 9.17) is 5.73 Å². The predicted octanol–water partition coefficient (Wildman–Crippen LogP) is 1.64. The molecule has 0 aliphatic carbocycles. The summed E-state index contributed by atoms with van der Waals surface area (Å²) in [6, 6.07) is 2.37. The van der Waals surface area contributed by atoms with Crippen molar-refractivity contribution in [3.8, 4) is 0 Å². The molecule has 14 heavy (non-hydrogen) atoms. The maximum atomic E-state index is 6.04. The molecule has 0 aliphatic heterocycles. The molecule has 1 heterocycles. The molecule has 1 unspecified atom stereocenters. The minimum Gasteiger partial charge on any atom is -0.327 e. The number of nitrogens with two attached hydrogens (primary N) is 1. The molecule has 0 amide bonds. The molecule has 3 nitrogen and oxygen atoms in total. The van der Waals surface area contributed by atoms with Crippen LogP contribution in [0, 0.1) is 12.8 Å². The Bertz CT molecular complexity index is 289. The lowest BCUT2D eigenvalue weighted by atomic mass is 10.0. The van der Waals surface area contributed by atoms with E-state index in [1.807, 2.05) is 18.7 Å². The van der Waals surface area contributed by atoms with Gasteiger partial charge in [0.25, 0.3) is 0 Å². The average molecular weight is 195 g/mol. The van der Waals surface area contributed by atoms with Crippen LogP contribution in [-0.2, 0) is 13.5 Å². The van der Waals surface area contributed by atoms with Crippen LogP contribution in [0.5, 0.6) is 0 Å². The van der Waals surface area contributed by atoms with Crippen molar-refractivity contribution in [2.24, 2.45) is 18.7 Å². The van der Waals surface area contributed by atoms with Crippen LogP contribution in [0.3, 0.4) is 0 Å². The number of nitrogens with zero attached hydrogens (tertiary/aromatic N) is 2. The summed E-state index contributed by atoms with van der Waals surface area (Å²) in [7, 11) is 1.98. The normalized spacial score (nSPS) is 13.6. The van der Waals surface area contributed by atoms with E-state index in [0.717, 1.165) is 18.5 Å². The summed E-state index contributed by atoms with van der Waals surface area (Å²) in [5, 5.41) is 4.30. The van der Waals surface area contributed by atoms with Crippen LogP contribution < -0.4 is 5.73 Å². The van der Waals surface area contributed by atoms with Crippen molar-refractivity contribution >= 4 is 0 Å². The molecule has 2 N–H and O–H groups in total. The molecule has 0 saturated carbocycles. The van der Waals surface area contributed by atoms with Gasteiger partial charge in [0, 0.05) is 25.2 Å². The summed E-state index contributed by atoms with van der Waals surface area (Å²) >= 11 is 0. The largest absolute Gasteiger partial charge is 0.327 e. The summed E-state index contributed by atoms with van der Waals surface area (Å²) in [5.41, 5.74) is 8.34. The number of hydrogen-bond acceptors (Lipinski definition) is 2. The molecule has 1 rings (SSSR count). The molecule has 80 valence electrons. The Kier molecular flexibility index (Phi) is 3.69. The second-order valence-corrected chi connectivity index (χ2v) is 4.49. The van der Waals surface area contributed by atoms with Crippen molar-refractivity contribution in [3.05, 3.63) is 17.5 Å². The number of aryl methyl sites for hydroxylation is 2. The molecule has 0 spiro atoms. The highest BCUT2D eigenvalue weighted by molar-refractivity contribution is 5.09. The number of hydrogen-bond donors (Lipinski definition) is 1. The van der Waals surface area contributed by atoms with Crippen molar-refractivity contribution in [2.75, 3.05) is 0 Å². The van der Waals surface area contributed by atoms with E-state index in [9.17, 15) is 0 Å². The molecular weight excluding hydrogens is 174 g/mol. The Labute approximate surface area is 86.3 Å². The fourth-order valence-corrected chi connectivity index (χ4v) is 1.81. The lowest BCUT2D eigenvalue weighted by molar-refractivity contribution is 0.483. The van der Waals surface area contributed by atoms with Crippen molar-refractivity contribution in [1.29, 1.82) is 0 Å². The van der Waals surface area contributed by atoms with Crippen LogP contribution in [0.25, 0.3) is 0 Å². The van der Waals surface area contributed by atoms with E-state index >= 15 is 0 Å². The number of rotatable bonds is 4. The fourth-order valence-electron chi connectivity index (χ4n) is 1.81. The SMILES string of the molecule is Cc1cc(CC(N)CC(C)C)n(C)n1. The van der Waals surface area contributed by atoms with Crippen molar-refractivity contribution in [2.45, 2.75) is 39.7 Å². The molecule has 0 fully saturated rings. The molecule has 1 aromatic heterocycles. The number of aromatic nitrogens is 2. The molecule has 3 heteroatoms. The van der Waals surface area contributed by atoms with Gasteiger partial charge in [0.2, 0.25) is 0 Å². The Balaban J connectivity index is 2.55. The minimum atomic E-state index is 0.254. The highest BCUT2D eigenvalue weighted by Crippen LogP contribution is 2.09. The minimum absolute atomic E-state index is 0.254. The summed E-state index contributed by atoms with van der Waals surface area (Å²) in [6.07, 6.45) is 2.00. The third-order valence-electron chi connectivity index (χ3n) is 2.34. The van der Waals surface area contributed by atoms with Gasteiger partial charge in [-0.2, -0.15) is 5.10 Å². The lowest BCUT2D eigenvalue weighted by Crippen LogP contribution is -2.25. The van der Waals surface area contributed by atoms with Crippen LogP contribution in [0.2, 0.25) is 0 Å². The van der Waals surface area contributed by atoms with E-state index in [-0.39, 0.29) is 6.04 Å². The summed E-state index contributed by atoms with van der Waals surface area (Å²) in [6.45, 7) is 6.42. The van der Waals surface area contributed by atoms with Crippen molar-refractivity contribution < 1.29 is 0 Å². The molecule has 1 aromatic rings. The quantitative estimate of drug-likeness (QED) is 0.793. The smallest absolute Gasteiger partial charge is 0.0596 e. The molecule has 0 bridgehead atoms. The van der Waals surface area contributed by atoms with Gasteiger partial charge in [-0.15, -0.1) is 0 Å². The van der Waals surface area contributed by atoms with Crippen LogP contribution in [0.4, 0.5) is 0 Å². The second kappa shape index (κ2) is 4.60. The molecular formula is C11H21N3.